The van der Waals surface area contributed by atoms with Gasteiger partial charge < -0.3 is 10.6 Å². The minimum absolute atomic E-state index is 0.000158. The van der Waals surface area contributed by atoms with Crippen LogP contribution in [0.2, 0.25) is 0 Å². The number of hydrogen-bond donors (Lipinski definition) is 2. The number of nitrogens with one attached hydrogen (secondary N) is 2. The Balaban J connectivity index is 1.36. The minimum Gasteiger partial charge on any atom is -0.356 e. The van der Waals surface area contributed by atoms with Gasteiger partial charge in [0.05, 0.1) is 12.6 Å². The first-order valence-electron chi connectivity index (χ1n) is 10.5. The van der Waals surface area contributed by atoms with Gasteiger partial charge in [0.1, 0.15) is 11.4 Å². The highest BCUT2D eigenvalue weighted by atomic mass is 19.1. The van der Waals surface area contributed by atoms with Gasteiger partial charge in [-0.25, -0.2) is 4.39 Å². The highest BCUT2D eigenvalue weighted by Gasteiger charge is 2.36. The molecule has 0 aromatic heterocycles. The maximum Gasteiger partial charge on any atom is 0.235 e. The van der Waals surface area contributed by atoms with Gasteiger partial charge in [-0.2, -0.15) is 5.26 Å². The Morgan fingerprint density at radius 3 is 2.55 bits per heavy atom. The molecule has 1 aliphatic carbocycles. The first-order valence-corrected chi connectivity index (χ1v) is 10.5. The summed E-state index contributed by atoms with van der Waals surface area (Å²) >= 11 is 0. The van der Waals surface area contributed by atoms with Crippen molar-refractivity contribution < 1.29 is 14.0 Å². The maximum atomic E-state index is 13.6. The first-order chi connectivity index (χ1) is 14.0. The molecule has 0 radical (unpaired) electrons. The van der Waals surface area contributed by atoms with Gasteiger partial charge in [0.15, 0.2) is 0 Å². The van der Waals surface area contributed by atoms with E-state index in [0.29, 0.717) is 44.5 Å². The van der Waals surface area contributed by atoms with Crippen LogP contribution >= 0.6 is 0 Å². The number of carbonyl (C=O) groups is 2. The van der Waals surface area contributed by atoms with Crippen molar-refractivity contribution in [3.8, 4) is 6.07 Å². The molecule has 0 unspecified atom stereocenters. The van der Waals surface area contributed by atoms with E-state index in [9.17, 15) is 19.2 Å². The van der Waals surface area contributed by atoms with Crippen molar-refractivity contribution in [3.63, 3.8) is 0 Å². The minimum atomic E-state index is -0.687. The van der Waals surface area contributed by atoms with Crippen molar-refractivity contribution in [1.29, 1.82) is 5.26 Å². The molecule has 1 aromatic carbocycles. The van der Waals surface area contributed by atoms with Crippen molar-refractivity contribution in [2.75, 3.05) is 26.2 Å². The molecule has 2 fully saturated rings. The zero-order valence-electron chi connectivity index (χ0n) is 16.8. The maximum absolute atomic E-state index is 13.6. The Bertz CT molecular complexity index is 762. The number of likely N-dealkylation sites (tertiary alicyclic amines) is 1. The fourth-order valence-electron chi connectivity index (χ4n) is 4.27. The predicted molar refractivity (Wildman–Crippen MR) is 107 cm³/mol. The zero-order valence-corrected chi connectivity index (χ0v) is 16.8. The van der Waals surface area contributed by atoms with Gasteiger partial charge in [0.2, 0.25) is 11.8 Å². The van der Waals surface area contributed by atoms with E-state index in [1.807, 2.05) is 4.90 Å². The lowest BCUT2D eigenvalue weighted by Crippen LogP contribution is -2.50. The summed E-state index contributed by atoms with van der Waals surface area (Å²) in [6.45, 7) is 2.04. The molecule has 6 nitrogen and oxygen atoms in total. The van der Waals surface area contributed by atoms with Crippen LogP contribution in [-0.4, -0.2) is 48.4 Å². The summed E-state index contributed by atoms with van der Waals surface area (Å²) in [5.41, 5.74) is -0.0842. The molecule has 1 saturated carbocycles. The van der Waals surface area contributed by atoms with E-state index in [-0.39, 0.29) is 30.1 Å². The topological polar surface area (TPSA) is 85.2 Å². The van der Waals surface area contributed by atoms with E-state index in [4.69, 9.17) is 0 Å². The summed E-state index contributed by atoms with van der Waals surface area (Å²) in [6.07, 6.45) is 5.27. The van der Waals surface area contributed by atoms with Crippen LogP contribution in [0.4, 0.5) is 4.39 Å². The summed E-state index contributed by atoms with van der Waals surface area (Å²) in [7, 11) is 0. The molecule has 29 heavy (non-hydrogen) atoms. The van der Waals surface area contributed by atoms with Crippen LogP contribution in [0.15, 0.2) is 24.3 Å². The Morgan fingerprint density at radius 2 is 1.90 bits per heavy atom. The van der Waals surface area contributed by atoms with E-state index in [1.165, 1.54) is 6.07 Å². The Labute approximate surface area is 171 Å². The Hall–Kier alpha value is -2.46. The lowest BCUT2D eigenvalue weighted by molar-refractivity contribution is -0.127. The number of benzene rings is 1. The van der Waals surface area contributed by atoms with E-state index in [2.05, 4.69) is 16.7 Å². The highest BCUT2D eigenvalue weighted by molar-refractivity contribution is 5.80. The molecule has 1 heterocycles. The van der Waals surface area contributed by atoms with Gasteiger partial charge in [0, 0.05) is 12.5 Å². The van der Waals surface area contributed by atoms with Crippen LogP contribution in [0.1, 0.15) is 44.1 Å². The SMILES string of the molecule is N#CC1(NC(=O)CN2CCC(C(=O)NCCc3ccccc3F)CC2)CCCC1. The van der Waals surface area contributed by atoms with E-state index in [0.717, 1.165) is 25.7 Å². The molecular formula is C22H29FN4O2. The average Bonchev–Trinajstić information content (AvgIpc) is 3.18. The molecular weight excluding hydrogens is 371 g/mol. The number of amides is 2. The molecule has 2 aliphatic rings. The molecule has 2 N–H and O–H groups in total. The molecule has 1 aliphatic heterocycles. The third kappa shape index (κ3) is 5.77. The largest absolute Gasteiger partial charge is 0.356 e. The molecule has 0 atom stereocenters. The number of nitrogens with zero attached hydrogens (tertiary/aromatic N) is 2. The molecule has 0 spiro atoms. The summed E-state index contributed by atoms with van der Waals surface area (Å²) in [5.74, 6) is -0.430. The van der Waals surface area contributed by atoms with Crippen molar-refractivity contribution in [1.82, 2.24) is 15.5 Å². The van der Waals surface area contributed by atoms with E-state index < -0.39 is 5.54 Å². The average molecular weight is 400 g/mol. The lowest BCUT2D eigenvalue weighted by atomic mass is 9.95. The fourth-order valence-corrected chi connectivity index (χ4v) is 4.27. The highest BCUT2D eigenvalue weighted by Crippen LogP contribution is 2.28. The number of hydrogen-bond acceptors (Lipinski definition) is 4. The summed E-state index contributed by atoms with van der Waals surface area (Å²) in [4.78, 5) is 26.8. The number of piperidine rings is 1. The van der Waals surface area contributed by atoms with Crippen molar-refractivity contribution in [2.45, 2.75) is 50.5 Å². The standard InChI is InChI=1S/C22H29FN4O2/c23-19-6-2-1-5-17(19)7-12-25-21(29)18-8-13-27(14-9-18)15-20(28)26-22(16-24)10-3-4-11-22/h1-2,5-6,18H,3-4,7-15H2,(H,25,29)(H,26,28). The van der Waals surface area contributed by atoms with Crippen LogP contribution in [0, 0.1) is 23.1 Å². The van der Waals surface area contributed by atoms with E-state index in [1.54, 1.807) is 18.2 Å². The quantitative estimate of drug-likeness (QED) is 0.734. The second-order valence-electron chi connectivity index (χ2n) is 8.13. The van der Waals surface area contributed by atoms with Gasteiger partial charge in [-0.05, 0) is 69.7 Å². The van der Waals surface area contributed by atoms with Crippen molar-refractivity contribution >= 4 is 11.8 Å². The van der Waals surface area contributed by atoms with Gasteiger partial charge in [-0.1, -0.05) is 18.2 Å². The molecule has 2 amide bonds. The van der Waals surface area contributed by atoms with Crippen molar-refractivity contribution in [2.24, 2.45) is 5.92 Å². The number of nitriles is 1. The smallest absolute Gasteiger partial charge is 0.235 e. The summed E-state index contributed by atoms with van der Waals surface area (Å²) in [5, 5.41) is 15.2. The molecule has 1 aromatic rings. The Kier molecular flexibility index (Phi) is 7.21. The molecule has 1 saturated heterocycles. The third-order valence-corrected chi connectivity index (χ3v) is 6.03. The number of halogens is 1. The van der Waals surface area contributed by atoms with Crippen LogP contribution in [-0.2, 0) is 16.0 Å². The second-order valence-corrected chi connectivity index (χ2v) is 8.13. The molecule has 3 rings (SSSR count). The zero-order chi connectivity index (χ0) is 20.7. The van der Waals surface area contributed by atoms with Crippen LogP contribution in [0.3, 0.4) is 0 Å². The normalized spacial score (nSPS) is 19.4. The van der Waals surface area contributed by atoms with Gasteiger partial charge >= 0.3 is 0 Å². The van der Waals surface area contributed by atoms with Gasteiger partial charge in [-0.15, -0.1) is 0 Å². The molecule has 0 bridgehead atoms. The van der Waals surface area contributed by atoms with Gasteiger partial charge in [0.25, 0.3) is 0 Å². The Morgan fingerprint density at radius 1 is 1.21 bits per heavy atom. The van der Waals surface area contributed by atoms with Crippen LogP contribution < -0.4 is 10.6 Å². The number of carbonyl (C=O) groups excluding carboxylic acids is 2. The summed E-state index contributed by atoms with van der Waals surface area (Å²) in [6, 6.07) is 8.87. The van der Waals surface area contributed by atoms with Crippen molar-refractivity contribution in [3.05, 3.63) is 35.6 Å². The van der Waals surface area contributed by atoms with Gasteiger partial charge in [-0.3, -0.25) is 14.5 Å². The van der Waals surface area contributed by atoms with E-state index >= 15 is 0 Å². The fraction of sp³-hybridized carbons (Fsp3) is 0.591. The third-order valence-electron chi connectivity index (χ3n) is 6.03. The summed E-state index contributed by atoms with van der Waals surface area (Å²) < 4.78 is 13.6. The first kappa shape index (κ1) is 21.3. The van der Waals surface area contributed by atoms with Crippen LogP contribution in [0.25, 0.3) is 0 Å². The molecule has 156 valence electrons. The lowest BCUT2D eigenvalue weighted by Gasteiger charge is -2.31. The molecule has 7 heteroatoms. The van der Waals surface area contributed by atoms with Crippen LogP contribution in [0.5, 0.6) is 0 Å². The number of rotatable bonds is 7. The predicted octanol–water partition coefficient (Wildman–Crippen LogP) is 2.15. The monoisotopic (exact) mass is 400 g/mol. The second kappa shape index (κ2) is 9.84.